The minimum atomic E-state index is -4.51. The number of nitrogens with one attached hydrogen (secondary N) is 2. The maximum atomic E-state index is 12.6. The molecule has 0 spiro atoms. The van der Waals surface area contributed by atoms with Crippen LogP contribution >= 0.6 is 23.2 Å². The first-order chi connectivity index (χ1) is 17.5. The normalized spacial score (nSPS) is 11.6. The van der Waals surface area contributed by atoms with Crippen LogP contribution in [0.4, 0.5) is 18.9 Å². The summed E-state index contributed by atoms with van der Waals surface area (Å²) in [4.78, 5) is 24.1. The first-order valence-electron chi connectivity index (χ1n) is 10.6. The number of hydrazone groups is 1. The molecule has 0 bridgehead atoms. The van der Waals surface area contributed by atoms with E-state index in [1.165, 1.54) is 7.11 Å². The monoisotopic (exact) mass is 553 g/mol. The Morgan fingerprint density at radius 3 is 2.27 bits per heavy atom. The Hall–Kier alpha value is -3.76. The molecular formula is C25H20Cl2F3N3O4. The van der Waals surface area contributed by atoms with Crippen LogP contribution in [0.5, 0.6) is 11.5 Å². The highest BCUT2D eigenvalue weighted by Crippen LogP contribution is 2.31. The number of methoxy groups -OCH3 is 1. The summed E-state index contributed by atoms with van der Waals surface area (Å²) in [5, 5.41) is 7.08. The molecule has 37 heavy (non-hydrogen) atoms. The summed E-state index contributed by atoms with van der Waals surface area (Å²) in [6.45, 7) is 1.76. The number of nitrogens with zero attached hydrogens (tertiary/aromatic N) is 1. The van der Waals surface area contributed by atoms with Gasteiger partial charge in [-0.1, -0.05) is 29.3 Å². The lowest BCUT2D eigenvalue weighted by atomic mass is 10.1. The van der Waals surface area contributed by atoms with Crippen LogP contribution in [0.25, 0.3) is 0 Å². The molecule has 7 nitrogen and oxygen atoms in total. The Balaban J connectivity index is 1.61. The Labute approximate surface area is 220 Å². The molecule has 2 N–H and O–H groups in total. The fourth-order valence-electron chi connectivity index (χ4n) is 2.99. The average molecular weight is 554 g/mol. The van der Waals surface area contributed by atoms with Crippen LogP contribution in [0, 0.1) is 0 Å². The third-order valence-electron chi connectivity index (χ3n) is 4.98. The molecule has 0 aliphatic rings. The molecule has 194 valence electrons. The second-order valence-electron chi connectivity index (χ2n) is 7.56. The second-order valence-corrected chi connectivity index (χ2v) is 8.40. The van der Waals surface area contributed by atoms with Crippen molar-refractivity contribution in [3.05, 3.63) is 87.4 Å². The van der Waals surface area contributed by atoms with Crippen LogP contribution in [0.3, 0.4) is 0 Å². The summed E-state index contributed by atoms with van der Waals surface area (Å²) in [7, 11) is 1.46. The Kier molecular flexibility index (Phi) is 9.01. The highest BCUT2D eigenvalue weighted by molar-refractivity contribution is 6.39. The summed E-state index contributed by atoms with van der Waals surface area (Å²) in [5.41, 5.74) is 2.89. The van der Waals surface area contributed by atoms with Crippen molar-refractivity contribution in [1.29, 1.82) is 0 Å². The van der Waals surface area contributed by atoms with E-state index in [4.69, 9.17) is 32.7 Å². The molecule has 0 atom stereocenters. The van der Waals surface area contributed by atoms with Crippen LogP contribution in [0.2, 0.25) is 10.0 Å². The van der Waals surface area contributed by atoms with Crippen molar-refractivity contribution in [1.82, 2.24) is 5.43 Å². The highest BCUT2D eigenvalue weighted by atomic mass is 35.5. The van der Waals surface area contributed by atoms with Crippen LogP contribution in [-0.4, -0.2) is 24.6 Å². The minimum absolute atomic E-state index is 0.0223. The van der Waals surface area contributed by atoms with E-state index in [1.54, 1.807) is 43.3 Å². The van der Waals surface area contributed by atoms with E-state index in [9.17, 15) is 22.8 Å². The smallest absolute Gasteiger partial charge is 0.416 e. The Morgan fingerprint density at radius 2 is 1.65 bits per heavy atom. The van der Waals surface area contributed by atoms with E-state index in [-0.39, 0.29) is 12.3 Å². The van der Waals surface area contributed by atoms with Gasteiger partial charge in [-0.3, -0.25) is 9.59 Å². The van der Waals surface area contributed by atoms with Gasteiger partial charge in [-0.2, -0.15) is 18.3 Å². The van der Waals surface area contributed by atoms with Gasteiger partial charge in [-0.25, -0.2) is 5.43 Å². The van der Waals surface area contributed by atoms with Gasteiger partial charge in [0, 0.05) is 26.9 Å². The van der Waals surface area contributed by atoms with Crippen LogP contribution in [0.15, 0.2) is 65.8 Å². The molecule has 3 aromatic rings. The third-order valence-corrected chi connectivity index (χ3v) is 5.57. The van der Waals surface area contributed by atoms with Crippen molar-refractivity contribution in [3.63, 3.8) is 0 Å². The van der Waals surface area contributed by atoms with Crippen molar-refractivity contribution in [2.24, 2.45) is 5.10 Å². The van der Waals surface area contributed by atoms with Gasteiger partial charge in [0.05, 0.1) is 18.4 Å². The molecule has 0 fully saturated rings. The molecule has 0 radical (unpaired) electrons. The number of ether oxygens (including phenoxy) is 2. The maximum Gasteiger partial charge on any atom is 0.416 e. The molecule has 2 amide bonds. The van der Waals surface area contributed by atoms with E-state index in [0.29, 0.717) is 32.8 Å². The third kappa shape index (κ3) is 7.61. The van der Waals surface area contributed by atoms with Gasteiger partial charge < -0.3 is 14.8 Å². The molecule has 0 saturated carbocycles. The van der Waals surface area contributed by atoms with Gasteiger partial charge >= 0.3 is 18.0 Å². The number of anilines is 1. The minimum Gasteiger partial charge on any atom is -0.493 e. The number of amides is 2. The predicted octanol–water partition coefficient (Wildman–Crippen LogP) is 6.08. The van der Waals surface area contributed by atoms with Crippen molar-refractivity contribution < 1.29 is 32.2 Å². The van der Waals surface area contributed by atoms with Gasteiger partial charge in [0.15, 0.2) is 11.5 Å². The van der Waals surface area contributed by atoms with Gasteiger partial charge in [-0.05, 0) is 61.5 Å². The molecule has 3 rings (SSSR count). The fourth-order valence-corrected chi connectivity index (χ4v) is 3.45. The summed E-state index contributed by atoms with van der Waals surface area (Å²) in [6, 6.07) is 13.7. The zero-order chi connectivity index (χ0) is 27.2. The predicted molar refractivity (Wildman–Crippen MR) is 134 cm³/mol. The van der Waals surface area contributed by atoms with Gasteiger partial charge in [0.25, 0.3) is 0 Å². The quantitative estimate of drug-likeness (QED) is 0.211. The highest BCUT2D eigenvalue weighted by Gasteiger charge is 2.30. The van der Waals surface area contributed by atoms with Crippen LogP contribution in [-0.2, 0) is 22.4 Å². The molecule has 0 unspecified atom stereocenters. The molecular weight excluding hydrogens is 534 g/mol. The van der Waals surface area contributed by atoms with E-state index < -0.39 is 23.6 Å². The Morgan fingerprint density at radius 1 is 0.946 bits per heavy atom. The topological polar surface area (TPSA) is 89.0 Å². The number of benzene rings is 3. The number of alkyl halides is 3. The number of carbonyl (C=O) groups excluding carboxylic acids is 2. The molecule has 0 aromatic heterocycles. The van der Waals surface area contributed by atoms with E-state index in [2.05, 4.69) is 15.8 Å². The fraction of sp³-hybridized carbons (Fsp3) is 0.160. The van der Waals surface area contributed by atoms with Crippen molar-refractivity contribution in [3.8, 4) is 11.5 Å². The van der Waals surface area contributed by atoms with Gasteiger partial charge in [-0.15, -0.1) is 0 Å². The summed E-state index contributed by atoms with van der Waals surface area (Å²) < 4.78 is 49.1. The first kappa shape index (κ1) is 27.8. The molecule has 0 aliphatic carbocycles. The number of rotatable bonds is 7. The van der Waals surface area contributed by atoms with Crippen molar-refractivity contribution in [2.45, 2.75) is 19.7 Å². The number of hydrogen-bond acceptors (Lipinski definition) is 5. The number of carbonyl (C=O) groups is 2. The maximum absolute atomic E-state index is 12.6. The summed E-state index contributed by atoms with van der Waals surface area (Å²) in [5.74, 6) is -1.38. The van der Waals surface area contributed by atoms with Gasteiger partial charge in [0.2, 0.25) is 0 Å². The molecule has 0 saturated heterocycles. The molecule has 0 heterocycles. The lowest BCUT2D eigenvalue weighted by Gasteiger charge is -2.13. The van der Waals surface area contributed by atoms with Crippen LogP contribution in [0.1, 0.15) is 23.6 Å². The molecule has 0 aliphatic heterocycles. The van der Waals surface area contributed by atoms with E-state index >= 15 is 0 Å². The van der Waals surface area contributed by atoms with E-state index in [1.807, 2.05) is 0 Å². The van der Waals surface area contributed by atoms with Crippen LogP contribution < -0.4 is 20.2 Å². The first-order valence-corrected chi connectivity index (χ1v) is 11.3. The second kappa shape index (κ2) is 12.0. The molecule has 3 aromatic carbocycles. The lowest BCUT2D eigenvalue weighted by molar-refractivity contribution is -0.137. The zero-order valence-electron chi connectivity index (χ0n) is 19.5. The average Bonchev–Trinajstić information content (AvgIpc) is 2.86. The van der Waals surface area contributed by atoms with Crippen molar-refractivity contribution in [2.75, 3.05) is 12.4 Å². The number of hydrogen-bond donors (Lipinski definition) is 2. The zero-order valence-corrected chi connectivity index (χ0v) is 21.0. The number of halogens is 5. The summed E-state index contributed by atoms with van der Waals surface area (Å²) in [6.07, 6.45) is -4.51. The Bertz CT molecular complexity index is 1330. The lowest BCUT2D eigenvalue weighted by Crippen LogP contribution is -2.33. The van der Waals surface area contributed by atoms with Gasteiger partial charge in [0.1, 0.15) is 6.61 Å². The standard InChI is InChI=1S/C25H20Cl2F3N3O4/c1-14(32-33-24(35)23(34)31-19-8-5-17(6-9-19)25(28,29)30)15-4-10-21(22(11-15)36-2)37-13-16-3-7-18(26)12-20(16)27/h3-12H,13H2,1-2H3,(H,31,34)(H,33,35)/b32-14+. The van der Waals surface area contributed by atoms with E-state index in [0.717, 1.165) is 29.8 Å². The SMILES string of the molecule is COc1cc(/C(C)=N/NC(=O)C(=O)Nc2ccc(C(F)(F)F)cc2)ccc1OCc1ccc(Cl)cc1Cl. The summed E-state index contributed by atoms with van der Waals surface area (Å²) >= 11 is 12.1. The molecule has 12 heteroatoms. The van der Waals surface area contributed by atoms with Crippen molar-refractivity contribution >= 4 is 46.4 Å². The largest absolute Gasteiger partial charge is 0.493 e.